The first-order valence-electron chi connectivity index (χ1n) is 8.64. The van der Waals surface area contributed by atoms with Crippen molar-refractivity contribution < 1.29 is 17.9 Å². The Morgan fingerprint density at radius 3 is 2.52 bits per heavy atom. The second kappa shape index (κ2) is 7.82. The Morgan fingerprint density at radius 1 is 1.16 bits per heavy atom. The fourth-order valence-electron chi connectivity index (χ4n) is 3.16. The van der Waals surface area contributed by atoms with Gasteiger partial charge in [0, 0.05) is 24.7 Å². The zero-order valence-corrected chi connectivity index (χ0v) is 15.3. The van der Waals surface area contributed by atoms with Gasteiger partial charge < -0.3 is 15.0 Å². The Labute approximate surface area is 149 Å². The summed E-state index contributed by atoms with van der Waals surface area (Å²) in [5.74, 6) is -0.214. The van der Waals surface area contributed by atoms with Crippen LogP contribution in [-0.2, 0) is 14.8 Å². The predicted molar refractivity (Wildman–Crippen MR) is 94.0 cm³/mol. The third-order valence-electron chi connectivity index (χ3n) is 4.76. The molecule has 25 heavy (non-hydrogen) atoms. The number of benzene rings is 1. The van der Waals surface area contributed by atoms with Gasteiger partial charge in [-0.15, -0.1) is 0 Å². The number of nitrogens with one attached hydrogen (secondary N) is 1. The largest absolute Gasteiger partial charge is 0.379 e. The van der Waals surface area contributed by atoms with E-state index < -0.39 is 10.0 Å². The molecule has 1 amide bonds. The molecule has 3 rings (SSSR count). The van der Waals surface area contributed by atoms with Crippen LogP contribution in [0.15, 0.2) is 29.2 Å². The second-order valence-electron chi connectivity index (χ2n) is 6.60. The van der Waals surface area contributed by atoms with Crippen molar-refractivity contribution in [2.75, 3.05) is 46.4 Å². The molecule has 2 aliphatic rings. The zero-order valence-electron chi connectivity index (χ0n) is 14.5. The molecule has 0 bridgehead atoms. The van der Waals surface area contributed by atoms with Gasteiger partial charge in [-0.25, -0.2) is 8.42 Å². The summed E-state index contributed by atoms with van der Waals surface area (Å²) in [4.78, 5) is 14.9. The van der Waals surface area contributed by atoms with Gasteiger partial charge in [0.25, 0.3) is 5.91 Å². The number of carbonyl (C=O) groups excluding carboxylic acids is 1. The maximum atomic E-state index is 12.7. The lowest BCUT2D eigenvalue weighted by atomic mass is 10.0. The molecule has 2 fully saturated rings. The highest BCUT2D eigenvalue weighted by Gasteiger charge is 2.27. The zero-order chi connectivity index (χ0) is 17.9. The number of sulfonamides is 1. The lowest BCUT2D eigenvalue weighted by molar-refractivity contribution is 0.0730. The van der Waals surface area contributed by atoms with Crippen molar-refractivity contribution in [3.8, 4) is 0 Å². The Balaban J connectivity index is 1.71. The van der Waals surface area contributed by atoms with Gasteiger partial charge in [0.1, 0.15) is 0 Å². The van der Waals surface area contributed by atoms with Crippen LogP contribution >= 0.6 is 0 Å². The number of amides is 1. The minimum atomic E-state index is -3.59. The molecule has 0 spiro atoms. The molecular formula is C17H25N3O4S. The lowest BCUT2D eigenvalue weighted by Crippen LogP contribution is -2.43. The number of nitrogens with zero attached hydrogens (tertiary/aromatic N) is 2. The van der Waals surface area contributed by atoms with Crippen LogP contribution in [0, 0.1) is 0 Å². The summed E-state index contributed by atoms with van der Waals surface area (Å²) < 4.78 is 32.1. The Kier molecular flexibility index (Phi) is 5.73. The molecule has 2 saturated heterocycles. The first kappa shape index (κ1) is 18.3. The van der Waals surface area contributed by atoms with Gasteiger partial charge in [0.2, 0.25) is 10.0 Å². The predicted octanol–water partition coefficient (Wildman–Crippen LogP) is 0.532. The summed E-state index contributed by atoms with van der Waals surface area (Å²) in [7, 11) is -1.52. The second-order valence-corrected chi connectivity index (χ2v) is 8.53. The van der Waals surface area contributed by atoms with Crippen LogP contribution in [-0.4, -0.2) is 76.0 Å². The molecule has 2 heterocycles. The number of carbonyl (C=O) groups is 1. The summed E-state index contributed by atoms with van der Waals surface area (Å²) in [6.45, 7) is 3.39. The van der Waals surface area contributed by atoms with Crippen molar-refractivity contribution in [1.29, 1.82) is 0 Å². The molecule has 0 aliphatic carbocycles. The average Bonchev–Trinajstić information content (AvgIpc) is 2.64. The van der Waals surface area contributed by atoms with Gasteiger partial charge in [-0.2, -0.15) is 4.31 Å². The number of likely N-dealkylation sites (tertiary alicyclic amines) is 1. The summed E-state index contributed by atoms with van der Waals surface area (Å²) in [6.07, 6.45) is 1.82. The number of hydrogen-bond acceptors (Lipinski definition) is 5. The summed E-state index contributed by atoms with van der Waals surface area (Å²) >= 11 is 0. The van der Waals surface area contributed by atoms with E-state index in [9.17, 15) is 13.2 Å². The fourth-order valence-corrected chi connectivity index (χ4v) is 4.61. The molecule has 8 heteroatoms. The third kappa shape index (κ3) is 4.38. The minimum Gasteiger partial charge on any atom is -0.379 e. The van der Waals surface area contributed by atoms with Crippen molar-refractivity contribution in [1.82, 2.24) is 14.5 Å². The first-order chi connectivity index (χ1) is 12.0. The molecular weight excluding hydrogens is 342 g/mol. The van der Waals surface area contributed by atoms with E-state index in [2.05, 4.69) is 17.3 Å². The molecule has 0 aromatic heterocycles. The Bertz CT molecular complexity index is 708. The number of morpholine rings is 1. The van der Waals surface area contributed by atoms with E-state index in [0.29, 0.717) is 31.9 Å². The number of piperidine rings is 1. The topological polar surface area (TPSA) is 79.0 Å². The van der Waals surface area contributed by atoms with E-state index in [1.807, 2.05) is 0 Å². The number of ether oxygens (including phenoxy) is 1. The molecule has 0 saturated carbocycles. The first-order valence-corrected chi connectivity index (χ1v) is 10.1. The maximum absolute atomic E-state index is 12.7. The maximum Gasteiger partial charge on any atom is 0.251 e. The number of rotatable bonds is 4. The molecule has 0 atom stereocenters. The normalized spacial score (nSPS) is 21.2. The molecule has 1 aromatic carbocycles. The molecule has 1 aromatic rings. The van der Waals surface area contributed by atoms with Gasteiger partial charge in [0.15, 0.2) is 0 Å². The SMILES string of the molecule is CN1CCC(NC(=O)c2cccc(S(=O)(=O)N3CCOCC3)c2)CC1. The molecule has 0 radical (unpaired) electrons. The van der Waals surface area contributed by atoms with Crippen molar-refractivity contribution >= 4 is 15.9 Å². The van der Waals surface area contributed by atoms with E-state index in [1.165, 1.54) is 16.4 Å². The Morgan fingerprint density at radius 2 is 1.84 bits per heavy atom. The van der Waals surface area contributed by atoms with Crippen LogP contribution in [0.1, 0.15) is 23.2 Å². The van der Waals surface area contributed by atoms with Gasteiger partial charge in [-0.3, -0.25) is 4.79 Å². The Hall–Kier alpha value is -1.48. The summed E-state index contributed by atoms with van der Waals surface area (Å²) in [6, 6.07) is 6.43. The van der Waals surface area contributed by atoms with Crippen molar-refractivity contribution in [2.45, 2.75) is 23.8 Å². The highest BCUT2D eigenvalue weighted by molar-refractivity contribution is 7.89. The van der Waals surface area contributed by atoms with Crippen LogP contribution in [0.2, 0.25) is 0 Å². The highest BCUT2D eigenvalue weighted by Crippen LogP contribution is 2.19. The van der Waals surface area contributed by atoms with E-state index >= 15 is 0 Å². The van der Waals surface area contributed by atoms with Gasteiger partial charge in [0.05, 0.1) is 18.1 Å². The van der Waals surface area contributed by atoms with E-state index in [-0.39, 0.29) is 16.8 Å². The van der Waals surface area contributed by atoms with Crippen LogP contribution < -0.4 is 5.32 Å². The van der Waals surface area contributed by atoms with Crippen LogP contribution in [0.3, 0.4) is 0 Å². The molecule has 0 unspecified atom stereocenters. The minimum absolute atomic E-state index is 0.142. The van der Waals surface area contributed by atoms with E-state index in [4.69, 9.17) is 4.74 Å². The van der Waals surface area contributed by atoms with Crippen LogP contribution in [0.4, 0.5) is 0 Å². The summed E-state index contributed by atoms with van der Waals surface area (Å²) in [5.41, 5.74) is 0.383. The monoisotopic (exact) mass is 367 g/mol. The van der Waals surface area contributed by atoms with Crippen molar-refractivity contribution in [3.63, 3.8) is 0 Å². The van der Waals surface area contributed by atoms with E-state index in [0.717, 1.165) is 25.9 Å². The van der Waals surface area contributed by atoms with Crippen molar-refractivity contribution in [2.24, 2.45) is 0 Å². The smallest absolute Gasteiger partial charge is 0.251 e. The fraction of sp³-hybridized carbons (Fsp3) is 0.588. The van der Waals surface area contributed by atoms with Crippen LogP contribution in [0.5, 0.6) is 0 Å². The molecule has 2 aliphatic heterocycles. The molecule has 7 nitrogen and oxygen atoms in total. The van der Waals surface area contributed by atoms with Gasteiger partial charge in [-0.1, -0.05) is 6.07 Å². The van der Waals surface area contributed by atoms with Gasteiger partial charge in [-0.05, 0) is 51.2 Å². The van der Waals surface area contributed by atoms with Gasteiger partial charge >= 0.3 is 0 Å². The quantitative estimate of drug-likeness (QED) is 0.840. The molecule has 1 N–H and O–H groups in total. The van der Waals surface area contributed by atoms with Crippen LogP contribution in [0.25, 0.3) is 0 Å². The molecule has 138 valence electrons. The number of hydrogen-bond donors (Lipinski definition) is 1. The van der Waals surface area contributed by atoms with Crippen molar-refractivity contribution in [3.05, 3.63) is 29.8 Å². The lowest BCUT2D eigenvalue weighted by Gasteiger charge is -2.29. The average molecular weight is 367 g/mol. The summed E-state index contributed by atoms with van der Waals surface area (Å²) in [5, 5.41) is 3.02. The standard InChI is InChI=1S/C17H25N3O4S/c1-19-7-5-15(6-8-19)18-17(21)14-3-2-4-16(13-14)25(22,23)20-9-11-24-12-10-20/h2-4,13,15H,5-12H2,1H3,(H,18,21). The van der Waals surface area contributed by atoms with E-state index in [1.54, 1.807) is 12.1 Å². The highest BCUT2D eigenvalue weighted by atomic mass is 32.2. The third-order valence-corrected chi connectivity index (χ3v) is 6.65.